The first-order valence-electron chi connectivity index (χ1n) is 9.79. The van der Waals surface area contributed by atoms with E-state index in [0.717, 1.165) is 28.1 Å². The number of carbonyl (C=O) groups excluding carboxylic acids is 1. The van der Waals surface area contributed by atoms with Gasteiger partial charge in [0, 0.05) is 17.3 Å². The van der Waals surface area contributed by atoms with Crippen molar-refractivity contribution >= 4 is 17.7 Å². The van der Waals surface area contributed by atoms with Crippen molar-refractivity contribution in [1.82, 2.24) is 9.38 Å². The molecular weight excluding hydrogens is 410 g/mol. The summed E-state index contributed by atoms with van der Waals surface area (Å²) >= 11 is 0. The lowest BCUT2D eigenvalue weighted by Crippen LogP contribution is -2.00. The summed E-state index contributed by atoms with van der Waals surface area (Å²) in [5.41, 5.74) is 4.61. The first-order valence-corrected chi connectivity index (χ1v) is 9.79. The highest BCUT2D eigenvalue weighted by atomic mass is 16.5. The van der Waals surface area contributed by atoms with Crippen molar-refractivity contribution in [1.29, 1.82) is 0 Å². The van der Waals surface area contributed by atoms with Crippen LogP contribution in [0.3, 0.4) is 0 Å². The molecule has 4 rings (SSSR count). The van der Waals surface area contributed by atoms with Gasteiger partial charge in [-0.2, -0.15) is 0 Å². The van der Waals surface area contributed by atoms with Crippen LogP contribution in [0.25, 0.3) is 28.0 Å². The van der Waals surface area contributed by atoms with Gasteiger partial charge in [0.15, 0.2) is 17.1 Å². The number of hydrogen-bond donors (Lipinski definition) is 1. The third kappa shape index (κ3) is 3.66. The van der Waals surface area contributed by atoms with Gasteiger partial charge in [0.25, 0.3) is 0 Å². The van der Waals surface area contributed by atoms with Gasteiger partial charge in [0.05, 0.1) is 46.0 Å². The average molecular weight is 433 g/mol. The van der Waals surface area contributed by atoms with Crippen molar-refractivity contribution in [2.45, 2.75) is 0 Å². The molecule has 164 valence electrons. The maximum Gasteiger partial charge on any atom is 0.211 e. The number of nitrogens with one attached hydrogen (secondary N) is 1. The number of benzene rings is 2. The molecule has 0 spiro atoms. The molecule has 1 amide bonds. The SMILES string of the molecule is COc1cccc(-c2cc(NC=O)c3ncc(-c4cc(OC)c(OC)c(OC)c4)n3c2)c1. The smallest absolute Gasteiger partial charge is 0.211 e. The summed E-state index contributed by atoms with van der Waals surface area (Å²) in [6, 6.07) is 13.3. The zero-order valence-electron chi connectivity index (χ0n) is 18.2. The molecule has 4 aromatic rings. The molecule has 2 heterocycles. The fraction of sp³-hybridized carbons (Fsp3) is 0.167. The minimum absolute atomic E-state index is 0.507. The van der Waals surface area contributed by atoms with Crippen LogP contribution in [0, 0.1) is 0 Å². The van der Waals surface area contributed by atoms with Gasteiger partial charge in [-0.3, -0.25) is 9.20 Å². The fourth-order valence-corrected chi connectivity index (χ4v) is 3.66. The number of amides is 1. The molecule has 0 aliphatic carbocycles. The Hall–Kier alpha value is -4.20. The van der Waals surface area contributed by atoms with Gasteiger partial charge < -0.3 is 24.3 Å². The number of methoxy groups -OCH3 is 4. The predicted molar refractivity (Wildman–Crippen MR) is 122 cm³/mol. The molecule has 0 saturated heterocycles. The number of hydrogen-bond acceptors (Lipinski definition) is 6. The second kappa shape index (κ2) is 8.89. The molecule has 0 aliphatic rings. The Bertz CT molecular complexity index is 1260. The van der Waals surface area contributed by atoms with Crippen LogP contribution in [0.2, 0.25) is 0 Å². The van der Waals surface area contributed by atoms with Crippen LogP contribution in [0.1, 0.15) is 0 Å². The molecule has 0 fully saturated rings. The third-order valence-corrected chi connectivity index (χ3v) is 5.18. The minimum atomic E-state index is 0.507. The van der Waals surface area contributed by atoms with Gasteiger partial charge >= 0.3 is 0 Å². The van der Waals surface area contributed by atoms with E-state index in [2.05, 4.69) is 10.3 Å². The van der Waals surface area contributed by atoms with Gasteiger partial charge in [0.1, 0.15) is 5.75 Å². The number of carbonyl (C=O) groups is 1. The number of aromatic nitrogens is 2. The molecule has 8 heteroatoms. The molecule has 0 bridgehead atoms. The summed E-state index contributed by atoms with van der Waals surface area (Å²) in [5.74, 6) is 2.31. The fourth-order valence-electron chi connectivity index (χ4n) is 3.66. The van der Waals surface area contributed by atoms with Crippen molar-refractivity contribution < 1.29 is 23.7 Å². The third-order valence-electron chi connectivity index (χ3n) is 5.18. The maximum absolute atomic E-state index is 11.3. The first kappa shape index (κ1) is 21.0. The highest BCUT2D eigenvalue weighted by Crippen LogP contribution is 2.42. The normalized spacial score (nSPS) is 10.6. The molecule has 0 unspecified atom stereocenters. The van der Waals surface area contributed by atoms with Crippen LogP contribution in [0.4, 0.5) is 5.69 Å². The second-order valence-corrected chi connectivity index (χ2v) is 6.89. The minimum Gasteiger partial charge on any atom is -0.497 e. The van der Waals surface area contributed by atoms with Crippen LogP contribution >= 0.6 is 0 Å². The lowest BCUT2D eigenvalue weighted by molar-refractivity contribution is -0.105. The van der Waals surface area contributed by atoms with Gasteiger partial charge in [-0.25, -0.2) is 4.98 Å². The number of imidazole rings is 1. The van der Waals surface area contributed by atoms with Gasteiger partial charge in [-0.05, 0) is 35.9 Å². The summed E-state index contributed by atoms with van der Waals surface area (Å²) in [6.07, 6.45) is 4.34. The topological polar surface area (TPSA) is 83.3 Å². The van der Waals surface area contributed by atoms with Gasteiger partial charge in [0.2, 0.25) is 12.2 Å². The summed E-state index contributed by atoms with van der Waals surface area (Å²) in [4.78, 5) is 15.8. The van der Waals surface area contributed by atoms with E-state index in [1.807, 2.05) is 53.1 Å². The highest BCUT2D eigenvalue weighted by Gasteiger charge is 2.18. The lowest BCUT2D eigenvalue weighted by atomic mass is 10.1. The van der Waals surface area contributed by atoms with Crippen molar-refractivity contribution in [2.24, 2.45) is 0 Å². The molecule has 2 aromatic heterocycles. The average Bonchev–Trinajstić information content (AvgIpc) is 3.27. The Balaban J connectivity index is 1.96. The zero-order chi connectivity index (χ0) is 22.7. The predicted octanol–water partition coefficient (Wildman–Crippen LogP) is 4.27. The van der Waals surface area contributed by atoms with E-state index in [1.54, 1.807) is 34.6 Å². The molecule has 0 saturated carbocycles. The number of rotatable bonds is 8. The first-order chi connectivity index (χ1) is 15.6. The Labute approximate surface area is 185 Å². The van der Waals surface area contributed by atoms with Crippen LogP contribution in [-0.2, 0) is 4.79 Å². The second-order valence-electron chi connectivity index (χ2n) is 6.89. The van der Waals surface area contributed by atoms with Crippen LogP contribution in [0.15, 0.2) is 54.9 Å². The summed E-state index contributed by atoms with van der Waals surface area (Å²) < 4.78 is 23.7. The Kier molecular flexibility index (Phi) is 5.85. The Morgan fingerprint density at radius 1 is 0.875 bits per heavy atom. The van der Waals surface area contributed by atoms with Crippen molar-refractivity contribution in [3.8, 4) is 45.4 Å². The summed E-state index contributed by atoms with van der Waals surface area (Å²) in [6.45, 7) is 0. The van der Waals surface area contributed by atoms with E-state index >= 15 is 0 Å². The van der Waals surface area contributed by atoms with E-state index in [0.29, 0.717) is 35.0 Å². The van der Waals surface area contributed by atoms with Crippen LogP contribution < -0.4 is 24.3 Å². The van der Waals surface area contributed by atoms with Crippen molar-refractivity contribution in [3.63, 3.8) is 0 Å². The van der Waals surface area contributed by atoms with Crippen molar-refractivity contribution in [2.75, 3.05) is 33.8 Å². The molecule has 8 nitrogen and oxygen atoms in total. The number of nitrogens with zero attached hydrogens (tertiary/aromatic N) is 2. The number of pyridine rings is 1. The van der Waals surface area contributed by atoms with E-state index in [9.17, 15) is 4.79 Å². The summed E-state index contributed by atoms with van der Waals surface area (Å²) in [7, 11) is 6.33. The molecule has 0 atom stereocenters. The molecular formula is C24H23N3O5. The van der Waals surface area contributed by atoms with E-state index in [4.69, 9.17) is 18.9 Å². The Morgan fingerprint density at radius 3 is 2.25 bits per heavy atom. The number of fused-ring (bicyclic) bond motifs is 1. The van der Waals surface area contributed by atoms with E-state index < -0.39 is 0 Å². The summed E-state index contributed by atoms with van der Waals surface area (Å²) in [5, 5.41) is 2.75. The highest BCUT2D eigenvalue weighted by molar-refractivity contribution is 5.86. The molecule has 32 heavy (non-hydrogen) atoms. The lowest BCUT2D eigenvalue weighted by Gasteiger charge is -2.15. The largest absolute Gasteiger partial charge is 0.497 e. The van der Waals surface area contributed by atoms with E-state index in [-0.39, 0.29) is 0 Å². The van der Waals surface area contributed by atoms with E-state index in [1.165, 1.54) is 0 Å². The zero-order valence-corrected chi connectivity index (χ0v) is 18.2. The quantitative estimate of drug-likeness (QED) is 0.418. The molecule has 0 aliphatic heterocycles. The molecule has 1 N–H and O–H groups in total. The van der Waals surface area contributed by atoms with Crippen LogP contribution in [0.5, 0.6) is 23.0 Å². The monoisotopic (exact) mass is 433 g/mol. The number of ether oxygens (including phenoxy) is 4. The standard InChI is InChI=1S/C24H23N3O5/c1-29-18-7-5-6-15(8-18)17-9-19(26-14-28)24-25-12-20(27(24)13-17)16-10-21(30-2)23(32-4)22(11-16)31-3/h5-14H,1-4H3,(H,26,28). The maximum atomic E-state index is 11.3. The molecule has 0 radical (unpaired) electrons. The van der Waals surface area contributed by atoms with Crippen molar-refractivity contribution in [3.05, 3.63) is 54.9 Å². The van der Waals surface area contributed by atoms with Gasteiger partial charge in [-0.15, -0.1) is 0 Å². The Morgan fingerprint density at radius 2 is 1.62 bits per heavy atom. The number of anilines is 1. The van der Waals surface area contributed by atoms with Crippen LogP contribution in [-0.4, -0.2) is 44.2 Å². The van der Waals surface area contributed by atoms with Gasteiger partial charge in [-0.1, -0.05) is 12.1 Å². The molecule has 2 aromatic carbocycles.